The number of hydrogen-bond acceptors (Lipinski definition) is 7. The van der Waals surface area contributed by atoms with Gasteiger partial charge in [0.05, 0.1) is 26.9 Å². The summed E-state index contributed by atoms with van der Waals surface area (Å²) < 4.78 is 27.3. The first-order chi connectivity index (χ1) is 12.3. The molecule has 0 aliphatic carbocycles. The molecule has 1 atom stereocenters. The number of carboxylic acids is 1. The lowest BCUT2D eigenvalue weighted by Gasteiger charge is -2.36. The summed E-state index contributed by atoms with van der Waals surface area (Å²) in [4.78, 5) is 11.7. The predicted molar refractivity (Wildman–Crippen MR) is 95.8 cm³/mol. The fourth-order valence-electron chi connectivity index (χ4n) is 2.78. The van der Waals surface area contributed by atoms with Crippen molar-refractivity contribution in [1.29, 1.82) is 0 Å². The van der Waals surface area contributed by atoms with Gasteiger partial charge >= 0.3 is 5.97 Å². The molecule has 0 aliphatic heterocycles. The van der Waals surface area contributed by atoms with Crippen molar-refractivity contribution in [3.05, 3.63) is 17.7 Å². The molecule has 0 spiro atoms. The van der Waals surface area contributed by atoms with Gasteiger partial charge in [-0.25, -0.2) is 5.32 Å². The lowest BCUT2D eigenvalue weighted by molar-refractivity contribution is -0.244. The van der Waals surface area contributed by atoms with Crippen molar-refractivity contribution in [2.45, 2.75) is 32.2 Å². The molecular formula is C18H29NO7. The van der Waals surface area contributed by atoms with Crippen LogP contribution in [0.3, 0.4) is 0 Å². The Bertz CT molecular complexity index is 599. The van der Waals surface area contributed by atoms with Crippen LogP contribution in [0.15, 0.2) is 12.1 Å². The first kappa shape index (κ1) is 22.0. The average Bonchev–Trinajstić information content (AvgIpc) is 2.63. The Kier molecular flexibility index (Phi) is 8.13. The Hall–Kier alpha value is -2.03. The van der Waals surface area contributed by atoms with Crippen LogP contribution >= 0.6 is 0 Å². The molecule has 0 bridgehead atoms. The van der Waals surface area contributed by atoms with Gasteiger partial charge in [-0.1, -0.05) is 13.8 Å². The highest BCUT2D eigenvalue weighted by Gasteiger charge is 2.41. The van der Waals surface area contributed by atoms with Crippen molar-refractivity contribution in [3.63, 3.8) is 0 Å². The number of rotatable bonds is 11. The molecule has 1 rings (SSSR count). The van der Waals surface area contributed by atoms with E-state index in [-0.39, 0.29) is 5.92 Å². The number of methoxy groups -OCH3 is 5. The molecule has 0 aromatic heterocycles. The van der Waals surface area contributed by atoms with Crippen LogP contribution < -0.4 is 19.5 Å². The first-order valence-electron chi connectivity index (χ1n) is 8.20. The highest BCUT2D eigenvalue weighted by Crippen LogP contribution is 2.44. The van der Waals surface area contributed by atoms with E-state index in [1.165, 1.54) is 35.5 Å². The fourth-order valence-corrected chi connectivity index (χ4v) is 2.78. The third-order valence-corrected chi connectivity index (χ3v) is 4.00. The zero-order valence-electron chi connectivity index (χ0n) is 16.4. The van der Waals surface area contributed by atoms with Crippen molar-refractivity contribution in [2.75, 3.05) is 35.5 Å². The van der Waals surface area contributed by atoms with E-state index in [1.807, 2.05) is 13.8 Å². The molecule has 0 aliphatic rings. The lowest BCUT2D eigenvalue weighted by Crippen LogP contribution is -2.54. The van der Waals surface area contributed by atoms with Gasteiger partial charge in [-0.05, 0) is 24.5 Å². The van der Waals surface area contributed by atoms with Crippen molar-refractivity contribution in [3.8, 4) is 17.2 Å². The maximum absolute atomic E-state index is 11.7. The largest absolute Gasteiger partial charge is 0.493 e. The van der Waals surface area contributed by atoms with Crippen LogP contribution in [0, 0.1) is 5.92 Å². The third kappa shape index (κ3) is 4.57. The van der Waals surface area contributed by atoms with Crippen molar-refractivity contribution < 1.29 is 33.6 Å². The topological polar surface area (TPSA) is 95.5 Å². The van der Waals surface area contributed by atoms with Gasteiger partial charge in [0.15, 0.2) is 11.5 Å². The van der Waals surface area contributed by atoms with E-state index >= 15 is 0 Å². The minimum Gasteiger partial charge on any atom is -0.493 e. The van der Waals surface area contributed by atoms with Crippen LogP contribution in [0.2, 0.25) is 0 Å². The second kappa shape index (κ2) is 9.61. The van der Waals surface area contributed by atoms with Crippen LogP contribution in [0.1, 0.15) is 25.8 Å². The number of carbonyl (C=O) groups is 1. The number of aliphatic carboxylic acids is 1. The predicted octanol–water partition coefficient (Wildman–Crippen LogP) is 2.20. The Morgan fingerprint density at radius 3 is 2.00 bits per heavy atom. The highest BCUT2D eigenvalue weighted by atomic mass is 16.7. The number of nitrogens with one attached hydrogen (secondary N) is 1. The molecule has 26 heavy (non-hydrogen) atoms. The van der Waals surface area contributed by atoms with Gasteiger partial charge in [0.1, 0.15) is 6.04 Å². The minimum absolute atomic E-state index is 0.155. The molecule has 1 aromatic rings. The second-order valence-electron chi connectivity index (χ2n) is 6.07. The van der Waals surface area contributed by atoms with E-state index in [0.717, 1.165) is 0 Å². The van der Waals surface area contributed by atoms with Crippen LogP contribution in [0.25, 0.3) is 0 Å². The quantitative estimate of drug-likeness (QED) is 0.572. The summed E-state index contributed by atoms with van der Waals surface area (Å²) in [6, 6.07) is 2.45. The Labute approximate surface area is 154 Å². The smallest absolute Gasteiger partial charge is 0.320 e. The number of carboxylic acid groups (broad SMARTS) is 1. The summed E-state index contributed by atoms with van der Waals surface area (Å²) in [5, 5.41) is 12.5. The number of ether oxygens (including phenoxy) is 5. The summed E-state index contributed by atoms with van der Waals surface area (Å²) in [5.74, 6) is -1.27. The fraction of sp³-hybridized carbons (Fsp3) is 0.611. The van der Waals surface area contributed by atoms with Crippen LogP contribution in [-0.2, 0) is 20.2 Å². The van der Waals surface area contributed by atoms with Gasteiger partial charge in [0, 0.05) is 14.2 Å². The van der Waals surface area contributed by atoms with Crippen LogP contribution in [-0.4, -0.2) is 52.7 Å². The second-order valence-corrected chi connectivity index (χ2v) is 6.07. The Morgan fingerprint density at radius 1 is 1.04 bits per heavy atom. The van der Waals surface area contributed by atoms with Gasteiger partial charge in [-0.15, -0.1) is 0 Å². The minimum atomic E-state index is -1.55. The lowest BCUT2D eigenvalue weighted by atomic mass is 10.0. The van der Waals surface area contributed by atoms with Gasteiger partial charge in [0.2, 0.25) is 5.75 Å². The molecule has 0 saturated heterocycles. The molecule has 8 heteroatoms. The SMILES string of the molecule is COc1ccc(C(N[C@@H](CC(C)C)C(=O)O)(OC)OC)c(OC)c1OC. The maximum Gasteiger partial charge on any atom is 0.320 e. The first-order valence-corrected chi connectivity index (χ1v) is 8.20. The van der Waals surface area contributed by atoms with Gasteiger partial charge in [0.25, 0.3) is 5.91 Å². The molecule has 0 saturated carbocycles. The molecule has 0 heterocycles. The summed E-state index contributed by atoms with van der Waals surface area (Å²) in [6.45, 7) is 3.88. The van der Waals surface area contributed by atoms with Gasteiger partial charge in [-0.3, -0.25) is 4.79 Å². The van der Waals surface area contributed by atoms with E-state index in [4.69, 9.17) is 23.7 Å². The van der Waals surface area contributed by atoms with E-state index in [1.54, 1.807) is 12.1 Å². The molecule has 1 aromatic carbocycles. The van der Waals surface area contributed by atoms with E-state index in [2.05, 4.69) is 5.32 Å². The maximum atomic E-state index is 11.7. The molecule has 8 nitrogen and oxygen atoms in total. The molecule has 148 valence electrons. The zero-order valence-corrected chi connectivity index (χ0v) is 16.4. The normalized spacial score (nSPS) is 12.8. The van der Waals surface area contributed by atoms with Crippen molar-refractivity contribution in [2.24, 2.45) is 5.92 Å². The van der Waals surface area contributed by atoms with Crippen molar-refractivity contribution in [1.82, 2.24) is 5.32 Å². The van der Waals surface area contributed by atoms with Crippen LogP contribution in [0.5, 0.6) is 17.2 Å². The molecule has 0 unspecified atom stereocenters. The van der Waals surface area contributed by atoms with Crippen molar-refractivity contribution >= 4 is 5.97 Å². The van der Waals surface area contributed by atoms with E-state index in [9.17, 15) is 9.90 Å². The number of hydrogen-bond donors (Lipinski definition) is 2. The molecular weight excluding hydrogens is 342 g/mol. The van der Waals surface area contributed by atoms with E-state index in [0.29, 0.717) is 29.2 Å². The van der Waals surface area contributed by atoms with Gasteiger partial charge in [-0.2, -0.15) is 0 Å². The summed E-state index contributed by atoms with van der Waals surface area (Å²) >= 11 is 0. The third-order valence-electron chi connectivity index (χ3n) is 4.00. The Morgan fingerprint density at radius 2 is 1.62 bits per heavy atom. The standard InChI is InChI=1S/C18H29NO7/c1-11(2)10-13(17(20)21)19-18(25-6,26-7)12-8-9-14(22-3)16(24-5)15(12)23-4/h8-9,11,13,19H,10H2,1-7H3,(H,20,21)/t13-/m0/s1. The summed E-state index contributed by atoms with van der Waals surface area (Å²) in [7, 11) is 7.30. The van der Waals surface area contributed by atoms with Gasteiger partial charge < -0.3 is 28.8 Å². The Balaban J connectivity index is 3.50. The molecule has 2 N–H and O–H groups in total. The average molecular weight is 371 g/mol. The van der Waals surface area contributed by atoms with E-state index < -0.39 is 17.9 Å². The number of benzene rings is 1. The summed E-state index contributed by atoms with van der Waals surface area (Å²) in [5.41, 5.74) is 0.428. The highest BCUT2D eigenvalue weighted by molar-refractivity contribution is 5.73. The monoisotopic (exact) mass is 371 g/mol. The zero-order chi connectivity index (χ0) is 19.9. The van der Waals surface area contributed by atoms with Crippen LogP contribution in [0.4, 0.5) is 0 Å². The summed E-state index contributed by atoms with van der Waals surface area (Å²) in [6.07, 6.45) is 0.388. The molecule has 0 fully saturated rings. The molecule has 0 radical (unpaired) electrons. The molecule has 0 amide bonds.